The molecule has 1 saturated heterocycles. The third-order valence-corrected chi connectivity index (χ3v) is 4.24. The Hall–Kier alpha value is -2.02. The van der Waals surface area contributed by atoms with Crippen LogP contribution in [0.1, 0.15) is 11.5 Å². The lowest BCUT2D eigenvalue weighted by Gasteiger charge is -2.06. The van der Waals surface area contributed by atoms with Crippen molar-refractivity contribution in [3.05, 3.63) is 57.6 Å². The lowest BCUT2D eigenvalue weighted by molar-refractivity contribution is -0.121. The van der Waals surface area contributed by atoms with Gasteiger partial charge in [-0.3, -0.25) is 9.69 Å². The minimum atomic E-state index is -0.208. The summed E-state index contributed by atoms with van der Waals surface area (Å²) in [5.41, 5.74) is 0.363. The fourth-order valence-electron chi connectivity index (χ4n) is 2.05. The van der Waals surface area contributed by atoms with Crippen molar-refractivity contribution in [2.75, 3.05) is 7.05 Å². The van der Waals surface area contributed by atoms with E-state index in [2.05, 4.69) is 5.32 Å². The quantitative estimate of drug-likeness (QED) is 0.642. The molecule has 0 saturated carbocycles. The van der Waals surface area contributed by atoms with Gasteiger partial charge in [-0.1, -0.05) is 23.2 Å². The number of hydrogen-bond donors (Lipinski definition) is 1. The third kappa shape index (κ3) is 3.56. The first-order valence-electron chi connectivity index (χ1n) is 6.91. The number of likely N-dealkylation sites (N-methyl/N-ethyl adjacent to an activating group) is 1. The van der Waals surface area contributed by atoms with E-state index in [1.165, 1.54) is 4.90 Å². The third-order valence-electron chi connectivity index (χ3n) is 3.31. The monoisotopic (exact) mass is 382 g/mol. The van der Waals surface area contributed by atoms with Crippen molar-refractivity contribution in [3.8, 4) is 5.75 Å². The van der Waals surface area contributed by atoms with Crippen LogP contribution >= 0.6 is 35.4 Å². The number of furan rings is 1. The number of amides is 1. The number of carbonyl (C=O) groups excluding carboxylic acids is 1. The van der Waals surface area contributed by atoms with E-state index in [0.717, 1.165) is 0 Å². The second-order valence-electron chi connectivity index (χ2n) is 5.02. The number of nitrogens with zero attached hydrogens (tertiary/aromatic N) is 1. The molecule has 1 aliphatic heterocycles. The normalized spacial score (nSPS) is 16.0. The maximum absolute atomic E-state index is 11.9. The minimum absolute atomic E-state index is 0.183. The molecule has 24 heavy (non-hydrogen) atoms. The summed E-state index contributed by atoms with van der Waals surface area (Å²) in [6.07, 6.45) is 1.59. The van der Waals surface area contributed by atoms with E-state index in [4.69, 9.17) is 44.6 Å². The molecule has 1 fully saturated rings. The summed E-state index contributed by atoms with van der Waals surface area (Å²) >= 11 is 17.0. The zero-order chi connectivity index (χ0) is 17.3. The van der Waals surface area contributed by atoms with Crippen LogP contribution in [0.15, 0.2) is 40.4 Å². The second-order valence-corrected chi connectivity index (χ2v) is 6.25. The number of halogens is 2. The molecule has 0 bridgehead atoms. The van der Waals surface area contributed by atoms with Crippen LogP contribution in [0.3, 0.4) is 0 Å². The van der Waals surface area contributed by atoms with Gasteiger partial charge in [0, 0.05) is 24.2 Å². The van der Waals surface area contributed by atoms with E-state index in [-0.39, 0.29) is 12.5 Å². The molecule has 0 aliphatic carbocycles. The van der Waals surface area contributed by atoms with Crippen molar-refractivity contribution in [1.82, 2.24) is 10.2 Å². The molecule has 1 aromatic heterocycles. The molecule has 3 rings (SSSR count). The molecule has 1 aliphatic rings. The van der Waals surface area contributed by atoms with Gasteiger partial charge >= 0.3 is 0 Å². The highest BCUT2D eigenvalue weighted by molar-refractivity contribution is 7.80. The Morgan fingerprint density at radius 3 is 2.83 bits per heavy atom. The molecule has 1 aromatic carbocycles. The summed E-state index contributed by atoms with van der Waals surface area (Å²) in [4.78, 5) is 13.3. The number of ether oxygens (including phenoxy) is 1. The Balaban J connectivity index is 1.69. The summed E-state index contributed by atoms with van der Waals surface area (Å²) in [5.74, 6) is 1.36. The first-order chi connectivity index (χ1) is 11.4. The summed E-state index contributed by atoms with van der Waals surface area (Å²) in [5, 5.41) is 4.18. The molecule has 0 radical (unpaired) electrons. The SMILES string of the molecule is CN1C(=O)/C(=C\c2ccc(COc3cc(Cl)ccc3Cl)o2)NC1=S. The number of carbonyl (C=O) groups is 1. The van der Waals surface area contributed by atoms with E-state index in [9.17, 15) is 4.79 Å². The molecule has 1 amide bonds. The Bertz CT molecular complexity index is 848. The average Bonchev–Trinajstić information content (AvgIpc) is 3.09. The Kier molecular flexibility index (Phi) is 4.80. The molecule has 2 heterocycles. The van der Waals surface area contributed by atoms with Gasteiger partial charge in [-0.2, -0.15) is 0 Å². The average molecular weight is 383 g/mol. The van der Waals surface area contributed by atoms with E-state index < -0.39 is 0 Å². The van der Waals surface area contributed by atoms with Crippen LogP contribution in [-0.4, -0.2) is 23.0 Å². The molecule has 2 aromatic rings. The lowest BCUT2D eigenvalue weighted by Crippen LogP contribution is -2.25. The topological polar surface area (TPSA) is 54.7 Å². The summed E-state index contributed by atoms with van der Waals surface area (Å²) < 4.78 is 11.2. The summed E-state index contributed by atoms with van der Waals surface area (Å²) in [6.45, 7) is 0.183. The van der Waals surface area contributed by atoms with Crippen LogP contribution in [0.25, 0.3) is 6.08 Å². The highest BCUT2D eigenvalue weighted by Crippen LogP contribution is 2.28. The number of hydrogen-bond acceptors (Lipinski definition) is 4. The largest absolute Gasteiger partial charge is 0.484 e. The second kappa shape index (κ2) is 6.84. The highest BCUT2D eigenvalue weighted by Gasteiger charge is 2.27. The Labute approximate surface area is 153 Å². The zero-order valence-electron chi connectivity index (χ0n) is 12.5. The number of thiocarbonyl (C=S) groups is 1. The van der Waals surface area contributed by atoms with Crippen molar-refractivity contribution >= 4 is 52.5 Å². The first kappa shape index (κ1) is 16.8. The maximum Gasteiger partial charge on any atom is 0.276 e. The number of rotatable bonds is 4. The maximum atomic E-state index is 11.9. The van der Waals surface area contributed by atoms with Gasteiger partial charge in [-0.15, -0.1) is 0 Å². The summed E-state index contributed by atoms with van der Waals surface area (Å²) in [7, 11) is 1.61. The molecule has 5 nitrogen and oxygen atoms in total. The first-order valence-corrected chi connectivity index (χ1v) is 8.08. The zero-order valence-corrected chi connectivity index (χ0v) is 14.8. The van der Waals surface area contributed by atoms with Gasteiger partial charge in [-0.05, 0) is 36.5 Å². The van der Waals surface area contributed by atoms with E-state index in [1.54, 1.807) is 43.5 Å². The van der Waals surface area contributed by atoms with Gasteiger partial charge in [0.2, 0.25) is 0 Å². The van der Waals surface area contributed by atoms with E-state index in [1.807, 2.05) is 0 Å². The van der Waals surface area contributed by atoms with Crippen LogP contribution in [-0.2, 0) is 11.4 Å². The molecular weight excluding hydrogens is 371 g/mol. The molecule has 124 valence electrons. The minimum Gasteiger partial charge on any atom is -0.484 e. The van der Waals surface area contributed by atoms with Gasteiger partial charge in [0.15, 0.2) is 5.11 Å². The summed E-state index contributed by atoms with van der Waals surface area (Å²) in [6, 6.07) is 8.47. The van der Waals surface area contributed by atoms with Crippen molar-refractivity contribution in [2.24, 2.45) is 0 Å². The Morgan fingerprint density at radius 2 is 2.12 bits per heavy atom. The molecule has 1 N–H and O–H groups in total. The van der Waals surface area contributed by atoms with Crippen molar-refractivity contribution < 1.29 is 13.9 Å². The molecule has 0 atom stereocenters. The smallest absolute Gasteiger partial charge is 0.276 e. The number of benzene rings is 1. The number of nitrogens with one attached hydrogen (secondary N) is 1. The fraction of sp³-hybridized carbons (Fsp3) is 0.125. The molecular formula is C16H12Cl2N2O3S. The molecule has 8 heteroatoms. The molecule has 0 unspecified atom stereocenters. The Morgan fingerprint density at radius 1 is 1.33 bits per heavy atom. The van der Waals surface area contributed by atoms with Gasteiger partial charge in [0.25, 0.3) is 5.91 Å². The van der Waals surface area contributed by atoms with Crippen LogP contribution in [0.4, 0.5) is 0 Å². The van der Waals surface area contributed by atoms with Gasteiger partial charge in [-0.25, -0.2) is 0 Å². The van der Waals surface area contributed by atoms with Gasteiger partial charge in [0.1, 0.15) is 29.6 Å². The highest BCUT2D eigenvalue weighted by atomic mass is 35.5. The predicted molar refractivity (Wildman–Crippen MR) is 96.0 cm³/mol. The van der Waals surface area contributed by atoms with Crippen LogP contribution in [0.2, 0.25) is 10.0 Å². The van der Waals surface area contributed by atoms with Gasteiger partial charge in [0.05, 0.1) is 5.02 Å². The fourth-order valence-corrected chi connectivity index (χ4v) is 2.58. The lowest BCUT2D eigenvalue weighted by atomic mass is 10.3. The van der Waals surface area contributed by atoms with E-state index >= 15 is 0 Å². The van der Waals surface area contributed by atoms with Crippen molar-refractivity contribution in [2.45, 2.75) is 6.61 Å². The standard InChI is InChI=1S/C16H12Cl2N2O3S/c1-20-15(21)13(19-16(20)24)7-10-3-4-11(23-10)8-22-14-6-9(17)2-5-12(14)18/h2-7H,8H2,1H3,(H,19,24)/b13-7+. The molecule has 0 spiro atoms. The van der Waals surface area contributed by atoms with Crippen LogP contribution in [0.5, 0.6) is 5.75 Å². The van der Waals surface area contributed by atoms with Crippen LogP contribution < -0.4 is 10.1 Å². The van der Waals surface area contributed by atoms with Crippen molar-refractivity contribution in [3.63, 3.8) is 0 Å². The van der Waals surface area contributed by atoms with E-state index in [0.29, 0.717) is 38.1 Å². The van der Waals surface area contributed by atoms with Crippen LogP contribution in [0, 0.1) is 0 Å². The predicted octanol–water partition coefficient (Wildman–Crippen LogP) is 3.85. The van der Waals surface area contributed by atoms with Crippen molar-refractivity contribution in [1.29, 1.82) is 0 Å². The van der Waals surface area contributed by atoms with Gasteiger partial charge < -0.3 is 14.5 Å².